The standard InChI is InChI=1S/C13H9ClN4S/c14-10-8-16-13(19-10)9-4-3-6-12(17-9)18-11-5-1-2-7-15-11/h1-8H,(H,15,17,18). The zero-order valence-electron chi connectivity index (χ0n) is 9.75. The van der Waals surface area contributed by atoms with Gasteiger partial charge in [-0.25, -0.2) is 15.0 Å². The summed E-state index contributed by atoms with van der Waals surface area (Å²) in [5, 5.41) is 3.94. The molecule has 94 valence electrons. The van der Waals surface area contributed by atoms with Crippen molar-refractivity contribution >= 4 is 34.6 Å². The molecular weight excluding hydrogens is 280 g/mol. The van der Waals surface area contributed by atoms with Crippen LogP contribution < -0.4 is 5.32 Å². The van der Waals surface area contributed by atoms with Crippen LogP contribution in [0.4, 0.5) is 11.6 Å². The molecule has 0 spiro atoms. The van der Waals surface area contributed by atoms with Gasteiger partial charge in [0.05, 0.1) is 6.20 Å². The monoisotopic (exact) mass is 288 g/mol. The molecule has 0 aromatic carbocycles. The molecule has 19 heavy (non-hydrogen) atoms. The first-order chi connectivity index (χ1) is 9.31. The number of anilines is 2. The molecule has 0 aliphatic heterocycles. The van der Waals surface area contributed by atoms with Crippen molar-refractivity contribution in [3.05, 3.63) is 53.1 Å². The molecule has 0 saturated carbocycles. The van der Waals surface area contributed by atoms with Crippen molar-refractivity contribution in [3.8, 4) is 10.7 Å². The van der Waals surface area contributed by atoms with E-state index in [0.717, 1.165) is 22.3 Å². The molecule has 0 saturated heterocycles. The Bertz CT molecular complexity index is 684. The quantitative estimate of drug-likeness (QED) is 0.791. The van der Waals surface area contributed by atoms with Gasteiger partial charge in [0.1, 0.15) is 26.7 Å². The van der Waals surface area contributed by atoms with E-state index in [1.54, 1.807) is 12.4 Å². The third-order valence-electron chi connectivity index (χ3n) is 2.37. The molecule has 0 bridgehead atoms. The topological polar surface area (TPSA) is 50.7 Å². The second kappa shape index (κ2) is 5.34. The molecule has 0 amide bonds. The van der Waals surface area contributed by atoms with Gasteiger partial charge in [-0.3, -0.25) is 0 Å². The number of pyridine rings is 2. The molecule has 3 aromatic rings. The molecule has 3 rings (SSSR count). The summed E-state index contributed by atoms with van der Waals surface area (Å²) in [6.07, 6.45) is 3.36. The Morgan fingerprint density at radius 2 is 1.89 bits per heavy atom. The van der Waals surface area contributed by atoms with Gasteiger partial charge in [0, 0.05) is 6.20 Å². The van der Waals surface area contributed by atoms with Gasteiger partial charge in [0.25, 0.3) is 0 Å². The zero-order valence-corrected chi connectivity index (χ0v) is 11.3. The Morgan fingerprint density at radius 1 is 1.00 bits per heavy atom. The highest BCUT2D eigenvalue weighted by atomic mass is 35.5. The highest BCUT2D eigenvalue weighted by Gasteiger charge is 2.06. The predicted octanol–water partition coefficient (Wildman–Crippen LogP) is 4.00. The third-order valence-corrected chi connectivity index (χ3v) is 3.50. The molecule has 0 atom stereocenters. The van der Waals surface area contributed by atoms with E-state index < -0.39 is 0 Å². The summed E-state index contributed by atoms with van der Waals surface area (Å²) in [4.78, 5) is 12.9. The Morgan fingerprint density at radius 3 is 2.63 bits per heavy atom. The van der Waals surface area contributed by atoms with Crippen LogP contribution in [0.5, 0.6) is 0 Å². The Balaban J connectivity index is 1.88. The number of hydrogen-bond acceptors (Lipinski definition) is 5. The van der Waals surface area contributed by atoms with Crippen LogP contribution in [0.3, 0.4) is 0 Å². The summed E-state index contributed by atoms with van der Waals surface area (Å²) in [5.74, 6) is 1.48. The molecule has 0 aliphatic rings. The van der Waals surface area contributed by atoms with Crippen molar-refractivity contribution in [2.45, 2.75) is 0 Å². The molecule has 1 N–H and O–H groups in total. The third kappa shape index (κ3) is 2.89. The number of hydrogen-bond donors (Lipinski definition) is 1. The van der Waals surface area contributed by atoms with Gasteiger partial charge in [-0.05, 0) is 24.3 Å². The zero-order chi connectivity index (χ0) is 13.1. The molecule has 6 heteroatoms. The summed E-state index contributed by atoms with van der Waals surface area (Å²) in [6.45, 7) is 0. The van der Waals surface area contributed by atoms with Crippen LogP contribution in [0.1, 0.15) is 0 Å². The Hall–Kier alpha value is -1.98. The molecular formula is C13H9ClN4S. The number of nitrogens with one attached hydrogen (secondary N) is 1. The lowest BCUT2D eigenvalue weighted by Crippen LogP contribution is -1.96. The largest absolute Gasteiger partial charge is 0.325 e. The summed E-state index contributed by atoms with van der Waals surface area (Å²) in [6, 6.07) is 11.4. The maximum Gasteiger partial charge on any atom is 0.143 e. The first kappa shape index (κ1) is 12.1. The maximum absolute atomic E-state index is 5.88. The number of halogens is 1. The van der Waals surface area contributed by atoms with Crippen LogP contribution in [0.2, 0.25) is 4.34 Å². The lowest BCUT2D eigenvalue weighted by Gasteiger charge is -2.05. The molecule has 0 unspecified atom stereocenters. The lowest BCUT2D eigenvalue weighted by atomic mass is 10.3. The van der Waals surface area contributed by atoms with Crippen LogP contribution in [0, 0.1) is 0 Å². The normalized spacial score (nSPS) is 10.4. The summed E-state index contributed by atoms with van der Waals surface area (Å²) in [7, 11) is 0. The average molecular weight is 289 g/mol. The van der Waals surface area contributed by atoms with E-state index in [4.69, 9.17) is 11.6 Å². The van der Waals surface area contributed by atoms with Crippen molar-refractivity contribution < 1.29 is 0 Å². The number of rotatable bonds is 3. The van der Waals surface area contributed by atoms with Crippen molar-refractivity contribution in [3.63, 3.8) is 0 Å². The second-order valence-electron chi connectivity index (χ2n) is 3.72. The van der Waals surface area contributed by atoms with E-state index >= 15 is 0 Å². The highest BCUT2D eigenvalue weighted by molar-refractivity contribution is 7.18. The van der Waals surface area contributed by atoms with Crippen molar-refractivity contribution in [2.24, 2.45) is 0 Å². The van der Waals surface area contributed by atoms with Gasteiger partial charge in [-0.2, -0.15) is 0 Å². The maximum atomic E-state index is 5.88. The minimum absolute atomic E-state index is 0.653. The van der Waals surface area contributed by atoms with Crippen LogP contribution >= 0.6 is 22.9 Å². The minimum Gasteiger partial charge on any atom is -0.325 e. The number of thiazole rings is 1. The van der Waals surface area contributed by atoms with E-state index in [9.17, 15) is 0 Å². The first-order valence-corrected chi connectivity index (χ1v) is 6.77. The predicted molar refractivity (Wildman–Crippen MR) is 77.9 cm³/mol. The summed E-state index contributed by atoms with van der Waals surface area (Å²) in [5.41, 5.74) is 0.790. The van der Waals surface area contributed by atoms with E-state index in [1.807, 2.05) is 36.4 Å². The van der Waals surface area contributed by atoms with Gasteiger partial charge >= 0.3 is 0 Å². The smallest absolute Gasteiger partial charge is 0.143 e. The average Bonchev–Trinajstić information content (AvgIpc) is 2.87. The molecule has 4 nitrogen and oxygen atoms in total. The fourth-order valence-corrected chi connectivity index (χ4v) is 2.45. The van der Waals surface area contributed by atoms with Gasteiger partial charge in [-0.15, -0.1) is 11.3 Å². The van der Waals surface area contributed by atoms with E-state index in [0.29, 0.717) is 4.34 Å². The van der Waals surface area contributed by atoms with Crippen LogP contribution in [-0.4, -0.2) is 15.0 Å². The van der Waals surface area contributed by atoms with Gasteiger partial charge in [0.15, 0.2) is 0 Å². The molecule has 0 aliphatic carbocycles. The molecule has 3 heterocycles. The SMILES string of the molecule is Clc1cnc(-c2cccc(Nc3ccccn3)n2)s1. The first-order valence-electron chi connectivity index (χ1n) is 5.58. The van der Waals surface area contributed by atoms with Crippen molar-refractivity contribution in [1.82, 2.24) is 15.0 Å². The Labute approximate surface area is 119 Å². The van der Waals surface area contributed by atoms with Crippen molar-refractivity contribution in [1.29, 1.82) is 0 Å². The van der Waals surface area contributed by atoms with E-state index in [1.165, 1.54) is 11.3 Å². The number of nitrogens with zero attached hydrogens (tertiary/aromatic N) is 3. The highest BCUT2D eigenvalue weighted by Crippen LogP contribution is 2.27. The summed E-state index contributed by atoms with van der Waals surface area (Å²) < 4.78 is 0.653. The van der Waals surface area contributed by atoms with Gasteiger partial charge < -0.3 is 5.32 Å². The summed E-state index contributed by atoms with van der Waals surface area (Å²) >= 11 is 7.29. The van der Waals surface area contributed by atoms with Gasteiger partial charge in [-0.1, -0.05) is 23.7 Å². The second-order valence-corrected chi connectivity index (χ2v) is 5.38. The van der Waals surface area contributed by atoms with Crippen LogP contribution in [0.25, 0.3) is 10.7 Å². The van der Waals surface area contributed by atoms with Crippen LogP contribution in [0.15, 0.2) is 48.8 Å². The molecule has 0 fully saturated rings. The lowest BCUT2D eigenvalue weighted by molar-refractivity contribution is 1.24. The molecule has 0 radical (unpaired) electrons. The van der Waals surface area contributed by atoms with Gasteiger partial charge in [0.2, 0.25) is 0 Å². The Kier molecular flexibility index (Phi) is 3.39. The molecule has 3 aromatic heterocycles. The van der Waals surface area contributed by atoms with E-state index in [2.05, 4.69) is 20.3 Å². The van der Waals surface area contributed by atoms with Crippen LogP contribution in [-0.2, 0) is 0 Å². The van der Waals surface area contributed by atoms with E-state index in [-0.39, 0.29) is 0 Å². The fourth-order valence-electron chi connectivity index (χ4n) is 1.56. The van der Waals surface area contributed by atoms with Crippen molar-refractivity contribution in [2.75, 3.05) is 5.32 Å². The number of aromatic nitrogens is 3. The minimum atomic E-state index is 0.653. The fraction of sp³-hybridized carbons (Fsp3) is 0.